The summed E-state index contributed by atoms with van der Waals surface area (Å²) in [6, 6.07) is 0. The molecule has 0 heterocycles. The predicted octanol–water partition coefficient (Wildman–Crippen LogP) is 3.13. The van der Waals surface area contributed by atoms with E-state index in [2.05, 4.69) is 16.4 Å². The molecule has 3 nitrogen and oxygen atoms in total. The van der Waals surface area contributed by atoms with Crippen LogP contribution >= 0.6 is 0 Å². The predicted molar refractivity (Wildman–Crippen MR) is 56.3 cm³/mol. The van der Waals surface area contributed by atoms with Crippen molar-refractivity contribution in [1.82, 2.24) is 0 Å². The standard InChI is InChI=1S/C11H20F2O3/c1-3-5-6-7-8-9-16-11(12,13)10(14)15-4-2/h3-9H2,1-2H3. The molecule has 0 atom stereocenters. The van der Waals surface area contributed by atoms with Gasteiger partial charge >= 0.3 is 12.1 Å². The van der Waals surface area contributed by atoms with Gasteiger partial charge in [-0.1, -0.05) is 32.6 Å². The maximum atomic E-state index is 12.9. The molecule has 0 fully saturated rings. The lowest BCUT2D eigenvalue weighted by atomic mass is 10.2. The first-order valence-electron chi connectivity index (χ1n) is 5.73. The van der Waals surface area contributed by atoms with Gasteiger partial charge in [0.1, 0.15) is 0 Å². The van der Waals surface area contributed by atoms with Crippen molar-refractivity contribution in [3.05, 3.63) is 0 Å². The third-order valence-corrected chi connectivity index (χ3v) is 2.04. The van der Waals surface area contributed by atoms with E-state index in [0.717, 1.165) is 25.7 Å². The molecule has 0 aliphatic carbocycles. The van der Waals surface area contributed by atoms with E-state index in [9.17, 15) is 13.6 Å². The Morgan fingerprint density at radius 2 is 1.75 bits per heavy atom. The summed E-state index contributed by atoms with van der Waals surface area (Å²) < 4.78 is 34.2. The van der Waals surface area contributed by atoms with Gasteiger partial charge in [-0.2, -0.15) is 8.78 Å². The molecule has 0 saturated heterocycles. The Morgan fingerprint density at radius 3 is 2.31 bits per heavy atom. The summed E-state index contributed by atoms with van der Waals surface area (Å²) in [5.41, 5.74) is 0. The third-order valence-electron chi connectivity index (χ3n) is 2.04. The molecule has 0 saturated carbocycles. The van der Waals surface area contributed by atoms with Crippen LogP contribution in [0.15, 0.2) is 0 Å². The number of rotatable bonds is 9. The van der Waals surface area contributed by atoms with Crippen molar-refractivity contribution in [2.24, 2.45) is 0 Å². The average molecular weight is 238 g/mol. The Kier molecular flexibility index (Phi) is 8.07. The molecular weight excluding hydrogens is 218 g/mol. The molecule has 0 bridgehead atoms. The number of halogens is 2. The van der Waals surface area contributed by atoms with Gasteiger partial charge in [0.2, 0.25) is 0 Å². The van der Waals surface area contributed by atoms with E-state index in [1.807, 2.05) is 0 Å². The van der Waals surface area contributed by atoms with E-state index < -0.39 is 12.1 Å². The first-order chi connectivity index (χ1) is 7.54. The highest BCUT2D eigenvalue weighted by Gasteiger charge is 2.42. The van der Waals surface area contributed by atoms with E-state index in [1.165, 1.54) is 6.92 Å². The fourth-order valence-electron chi connectivity index (χ4n) is 1.18. The fraction of sp³-hybridized carbons (Fsp3) is 0.909. The largest absolute Gasteiger partial charge is 0.460 e. The molecule has 0 aromatic carbocycles. The summed E-state index contributed by atoms with van der Waals surface area (Å²) in [6.07, 6.45) is 0.765. The molecule has 0 aromatic rings. The lowest BCUT2D eigenvalue weighted by molar-refractivity contribution is -0.250. The van der Waals surface area contributed by atoms with Gasteiger partial charge in [0.15, 0.2) is 0 Å². The Morgan fingerprint density at radius 1 is 1.12 bits per heavy atom. The second-order valence-electron chi connectivity index (χ2n) is 3.50. The highest BCUT2D eigenvalue weighted by atomic mass is 19.3. The van der Waals surface area contributed by atoms with Crippen molar-refractivity contribution in [2.45, 2.75) is 52.1 Å². The van der Waals surface area contributed by atoms with Crippen LogP contribution in [0.4, 0.5) is 8.78 Å². The van der Waals surface area contributed by atoms with Crippen LogP contribution in [0.25, 0.3) is 0 Å². The van der Waals surface area contributed by atoms with Gasteiger partial charge in [0, 0.05) is 0 Å². The maximum absolute atomic E-state index is 12.9. The quantitative estimate of drug-likeness (QED) is 0.457. The zero-order chi connectivity index (χ0) is 12.4. The normalized spacial score (nSPS) is 11.5. The maximum Gasteiger partial charge on any atom is 0.456 e. The Balaban J connectivity index is 3.61. The number of hydrogen-bond donors (Lipinski definition) is 0. The Bertz CT molecular complexity index is 196. The molecule has 0 aliphatic rings. The molecule has 0 unspecified atom stereocenters. The molecule has 0 amide bonds. The summed E-state index contributed by atoms with van der Waals surface area (Å²) in [5.74, 6) is -1.61. The number of esters is 1. The van der Waals surface area contributed by atoms with Crippen molar-refractivity contribution in [3.63, 3.8) is 0 Å². The molecule has 96 valence electrons. The molecule has 0 rings (SSSR count). The number of unbranched alkanes of at least 4 members (excludes halogenated alkanes) is 4. The molecule has 5 heteroatoms. The molecule has 0 radical (unpaired) electrons. The first kappa shape index (κ1) is 15.3. The van der Waals surface area contributed by atoms with Crippen molar-refractivity contribution in [1.29, 1.82) is 0 Å². The van der Waals surface area contributed by atoms with Crippen LogP contribution in [0.1, 0.15) is 46.0 Å². The molecule has 0 aliphatic heterocycles. The van der Waals surface area contributed by atoms with Crippen LogP contribution < -0.4 is 0 Å². The fourth-order valence-corrected chi connectivity index (χ4v) is 1.18. The zero-order valence-electron chi connectivity index (χ0n) is 9.93. The minimum absolute atomic E-state index is 0.0751. The Hall–Kier alpha value is -0.710. The summed E-state index contributed by atoms with van der Waals surface area (Å²) in [7, 11) is 0. The number of hydrogen-bond acceptors (Lipinski definition) is 3. The summed E-state index contributed by atoms with van der Waals surface area (Å²) in [4.78, 5) is 10.7. The first-order valence-corrected chi connectivity index (χ1v) is 5.73. The number of alkyl halides is 2. The molecule has 0 N–H and O–H groups in total. The van der Waals surface area contributed by atoms with Gasteiger partial charge in [-0.3, -0.25) is 0 Å². The van der Waals surface area contributed by atoms with Gasteiger partial charge in [-0.15, -0.1) is 0 Å². The second kappa shape index (κ2) is 8.44. The van der Waals surface area contributed by atoms with E-state index in [0.29, 0.717) is 6.42 Å². The van der Waals surface area contributed by atoms with Gasteiger partial charge < -0.3 is 9.47 Å². The number of carbonyl (C=O) groups is 1. The monoisotopic (exact) mass is 238 g/mol. The smallest absolute Gasteiger partial charge is 0.456 e. The van der Waals surface area contributed by atoms with Crippen LogP contribution in [0.5, 0.6) is 0 Å². The van der Waals surface area contributed by atoms with Crippen LogP contribution in [0.2, 0.25) is 0 Å². The second-order valence-corrected chi connectivity index (χ2v) is 3.50. The van der Waals surface area contributed by atoms with Crippen LogP contribution in [0, 0.1) is 0 Å². The zero-order valence-corrected chi connectivity index (χ0v) is 9.93. The highest BCUT2D eigenvalue weighted by molar-refractivity contribution is 5.75. The van der Waals surface area contributed by atoms with Crippen LogP contribution in [-0.2, 0) is 14.3 Å². The SMILES string of the molecule is CCCCCCCOC(F)(F)C(=O)OCC. The number of carbonyl (C=O) groups excluding carboxylic acids is 1. The topological polar surface area (TPSA) is 35.5 Å². The van der Waals surface area contributed by atoms with Crippen molar-refractivity contribution < 1.29 is 23.0 Å². The van der Waals surface area contributed by atoms with Gasteiger partial charge in [-0.25, -0.2) is 4.79 Å². The lowest BCUT2D eigenvalue weighted by Gasteiger charge is -2.14. The van der Waals surface area contributed by atoms with Crippen molar-refractivity contribution >= 4 is 5.97 Å². The van der Waals surface area contributed by atoms with E-state index in [1.54, 1.807) is 0 Å². The molecule has 16 heavy (non-hydrogen) atoms. The van der Waals surface area contributed by atoms with Gasteiger partial charge in [0.25, 0.3) is 0 Å². The lowest BCUT2D eigenvalue weighted by Crippen LogP contribution is -2.34. The van der Waals surface area contributed by atoms with E-state index in [-0.39, 0.29) is 13.2 Å². The van der Waals surface area contributed by atoms with Crippen LogP contribution in [0.3, 0.4) is 0 Å². The number of ether oxygens (including phenoxy) is 2. The van der Waals surface area contributed by atoms with E-state index in [4.69, 9.17) is 0 Å². The Labute approximate surface area is 95.1 Å². The van der Waals surface area contributed by atoms with Gasteiger partial charge in [0.05, 0.1) is 13.2 Å². The van der Waals surface area contributed by atoms with Gasteiger partial charge in [-0.05, 0) is 13.3 Å². The highest BCUT2D eigenvalue weighted by Crippen LogP contribution is 2.18. The minimum Gasteiger partial charge on any atom is -0.460 e. The van der Waals surface area contributed by atoms with Crippen molar-refractivity contribution in [3.8, 4) is 0 Å². The third kappa shape index (κ3) is 6.71. The average Bonchev–Trinajstić information content (AvgIpc) is 2.23. The molecule has 0 spiro atoms. The van der Waals surface area contributed by atoms with Crippen molar-refractivity contribution in [2.75, 3.05) is 13.2 Å². The van der Waals surface area contributed by atoms with Crippen LogP contribution in [-0.4, -0.2) is 25.3 Å². The minimum atomic E-state index is -3.80. The summed E-state index contributed by atoms with van der Waals surface area (Å²) >= 11 is 0. The molecule has 0 aromatic heterocycles. The summed E-state index contributed by atoms with van der Waals surface area (Å²) in [6.45, 7) is 3.36. The summed E-state index contributed by atoms with van der Waals surface area (Å²) in [5, 5.41) is 0. The molecular formula is C11H20F2O3. The van der Waals surface area contributed by atoms with E-state index >= 15 is 0 Å².